The molecule has 7 heteroatoms. The van der Waals surface area contributed by atoms with Crippen molar-refractivity contribution in [2.45, 2.75) is 25.3 Å². The molecule has 0 aliphatic heterocycles. The predicted molar refractivity (Wildman–Crippen MR) is 99.2 cm³/mol. The molecule has 0 spiro atoms. The summed E-state index contributed by atoms with van der Waals surface area (Å²) in [5.74, 6) is -0.226. The van der Waals surface area contributed by atoms with Crippen LogP contribution in [0, 0.1) is 0 Å². The highest BCUT2D eigenvalue weighted by molar-refractivity contribution is 7.89. The van der Waals surface area contributed by atoms with Crippen LogP contribution >= 0.6 is 11.6 Å². The van der Waals surface area contributed by atoms with Gasteiger partial charge in [0.05, 0.1) is 4.90 Å². The molecule has 0 unspecified atom stereocenters. The van der Waals surface area contributed by atoms with Gasteiger partial charge in [-0.25, -0.2) is 13.1 Å². The summed E-state index contributed by atoms with van der Waals surface area (Å²) >= 11 is 5.99. The topological polar surface area (TPSA) is 66.5 Å². The molecular formula is C18H21ClN2O3S. The number of sulfonamides is 1. The fourth-order valence-electron chi connectivity index (χ4n) is 2.44. The average Bonchev–Trinajstić information content (AvgIpc) is 2.59. The smallest absolute Gasteiger partial charge is 0.254 e. The van der Waals surface area contributed by atoms with Gasteiger partial charge in [0.1, 0.15) is 0 Å². The first-order valence-electron chi connectivity index (χ1n) is 8.00. The van der Waals surface area contributed by atoms with E-state index >= 15 is 0 Å². The van der Waals surface area contributed by atoms with Crippen molar-refractivity contribution in [3.63, 3.8) is 0 Å². The highest BCUT2D eigenvalue weighted by Crippen LogP contribution is 2.17. The first-order valence-corrected chi connectivity index (χ1v) is 9.87. The summed E-state index contributed by atoms with van der Waals surface area (Å²) in [6, 6.07) is 13.4. The van der Waals surface area contributed by atoms with Crippen LogP contribution in [0.2, 0.25) is 5.02 Å². The zero-order valence-corrected chi connectivity index (χ0v) is 15.8. The van der Waals surface area contributed by atoms with Gasteiger partial charge >= 0.3 is 0 Å². The Kier molecular flexibility index (Phi) is 6.58. The molecule has 5 nitrogen and oxygen atoms in total. The zero-order valence-electron chi connectivity index (χ0n) is 14.2. The van der Waals surface area contributed by atoms with Crippen LogP contribution in [0.5, 0.6) is 0 Å². The van der Waals surface area contributed by atoms with Crippen LogP contribution in [-0.2, 0) is 16.6 Å². The molecule has 0 fully saturated rings. The van der Waals surface area contributed by atoms with Crippen LogP contribution in [0.15, 0.2) is 53.4 Å². The molecule has 0 atom stereocenters. The van der Waals surface area contributed by atoms with Gasteiger partial charge in [-0.05, 0) is 42.8 Å². The van der Waals surface area contributed by atoms with E-state index in [2.05, 4.69) is 4.72 Å². The number of carbonyl (C=O) groups is 1. The third-order valence-corrected chi connectivity index (χ3v) is 5.44. The Morgan fingerprint density at radius 3 is 2.48 bits per heavy atom. The number of hydrogen-bond donors (Lipinski definition) is 1. The fraction of sp³-hybridized carbons (Fsp3) is 0.278. The number of carbonyl (C=O) groups excluding carboxylic acids is 1. The SMILES string of the molecule is CCNS(=O)(=O)c1cccc(C(=O)N(CC)Cc2cccc(Cl)c2)c1. The lowest BCUT2D eigenvalue weighted by molar-refractivity contribution is 0.0752. The second kappa shape index (κ2) is 8.47. The normalized spacial score (nSPS) is 11.3. The monoisotopic (exact) mass is 380 g/mol. The van der Waals surface area contributed by atoms with Crippen molar-refractivity contribution in [3.8, 4) is 0 Å². The van der Waals surface area contributed by atoms with Gasteiger partial charge in [0.25, 0.3) is 5.91 Å². The lowest BCUT2D eigenvalue weighted by Crippen LogP contribution is -2.30. The maximum absolute atomic E-state index is 12.8. The van der Waals surface area contributed by atoms with E-state index in [0.29, 0.717) is 23.7 Å². The Bertz CT molecular complexity index is 853. The number of rotatable bonds is 7. The molecule has 1 N–H and O–H groups in total. The molecule has 0 saturated heterocycles. The molecule has 0 saturated carbocycles. The first-order chi connectivity index (χ1) is 11.9. The fourth-order valence-corrected chi connectivity index (χ4v) is 3.73. The molecule has 0 radical (unpaired) electrons. The number of halogens is 1. The molecule has 0 bridgehead atoms. The van der Waals surface area contributed by atoms with Gasteiger partial charge in [0, 0.05) is 30.2 Å². The molecule has 2 aromatic rings. The molecule has 134 valence electrons. The van der Waals surface area contributed by atoms with Crippen molar-refractivity contribution in [2.24, 2.45) is 0 Å². The Morgan fingerprint density at radius 2 is 1.84 bits per heavy atom. The number of amides is 1. The van der Waals surface area contributed by atoms with Crippen LogP contribution in [0.4, 0.5) is 0 Å². The highest BCUT2D eigenvalue weighted by atomic mass is 35.5. The minimum Gasteiger partial charge on any atom is -0.335 e. The van der Waals surface area contributed by atoms with Crippen molar-refractivity contribution < 1.29 is 13.2 Å². The lowest BCUT2D eigenvalue weighted by Gasteiger charge is -2.21. The summed E-state index contributed by atoms with van der Waals surface area (Å²) < 4.78 is 26.7. The maximum Gasteiger partial charge on any atom is 0.254 e. The van der Waals surface area contributed by atoms with Crippen molar-refractivity contribution in [1.29, 1.82) is 0 Å². The van der Waals surface area contributed by atoms with Crippen LogP contribution in [0.1, 0.15) is 29.8 Å². The summed E-state index contributed by atoms with van der Waals surface area (Å²) in [5.41, 5.74) is 1.25. The Balaban J connectivity index is 2.26. The number of nitrogens with zero attached hydrogens (tertiary/aromatic N) is 1. The average molecular weight is 381 g/mol. The van der Waals surface area contributed by atoms with Crippen LogP contribution in [-0.4, -0.2) is 32.3 Å². The molecule has 0 heterocycles. The minimum absolute atomic E-state index is 0.0824. The number of benzene rings is 2. The lowest BCUT2D eigenvalue weighted by atomic mass is 10.1. The molecule has 0 aliphatic carbocycles. The summed E-state index contributed by atoms with van der Waals surface area (Å²) in [6.07, 6.45) is 0. The minimum atomic E-state index is -3.60. The van der Waals surface area contributed by atoms with Gasteiger partial charge in [-0.1, -0.05) is 36.7 Å². The number of nitrogens with one attached hydrogen (secondary N) is 1. The summed E-state index contributed by atoms with van der Waals surface area (Å²) in [4.78, 5) is 14.5. The summed E-state index contributed by atoms with van der Waals surface area (Å²) in [7, 11) is -3.60. The molecular weight excluding hydrogens is 360 g/mol. The summed E-state index contributed by atoms with van der Waals surface area (Å²) in [5, 5.41) is 0.611. The van der Waals surface area contributed by atoms with Gasteiger partial charge in [-0.15, -0.1) is 0 Å². The van der Waals surface area contributed by atoms with E-state index in [1.807, 2.05) is 25.1 Å². The standard InChI is InChI=1S/C18H21ClN2O3S/c1-3-20-25(23,24)17-10-6-8-15(12-17)18(22)21(4-2)13-14-7-5-9-16(19)11-14/h5-12,20H,3-4,13H2,1-2H3. The second-order valence-corrected chi connectivity index (χ2v) is 7.68. The Labute approximate surface area is 153 Å². The van der Waals surface area contributed by atoms with E-state index in [9.17, 15) is 13.2 Å². The van der Waals surface area contributed by atoms with Gasteiger partial charge in [-0.2, -0.15) is 0 Å². The third-order valence-electron chi connectivity index (χ3n) is 3.66. The van der Waals surface area contributed by atoms with Crippen molar-refractivity contribution in [2.75, 3.05) is 13.1 Å². The Morgan fingerprint density at radius 1 is 1.12 bits per heavy atom. The molecule has 1 amide bonds. The van der Waals surface area contributed by atoms with E-state index in [1.54, 1.807) is 30.0 Å². The second-order valence-electron chi connectivity index (χ2n) is 5.48. The highest BCUT2D eigenvalue weighted by Gasteiger charge is 2.18. The van der Waals surface area contributed by atoms with Crippen molar-refractivity contribution in [3.05, 3.63) is 64.7 Å². The van der Waals surface area contributed by atoms with E-state index in [0.717, 1.165) is 5.56 Å². The molecule has 25 heavy (non-hydrogen) atoms. The summed E-state index contributed by atoms with van der Waals surface area (Å²) in [6.45, 7) is 4.77. The van der Waals surface area contributed by atoms with Gasteiger partial charge in [0.2, 0.25) is 10.0 Å². The quantitative estimate of drug-likeness (QED) is 0.801. The third kappa shape index (κ3) is 5.04. The largest absolute Gasteiger partial charge is 0.335 e. The van der Waals surface area contributed by atoms with Crippen LogP contribution in [0.25, 0.3) is 0 Å². The van der Waals surface area contributed by atoms with E-state index < -0.39 is 10.0 Å². The molecule has 0 aromatic heterocycles. The zero-order chi connectivity index (χ0) is 18.4. The predicted octanol–water partition coefficient (Wildman–Crippen LogP) is 3.30. The van der Waals surface area contributed by atoms with Crippen molar-refractivity contribution in [1.82, 2.24) is 9.62 Å². The molecule has 2 aromatic carbocycles. The molecule has 2 rings (SSSR count). The van der Waals surface area contributed by atoms with Crippen molar-refractivity contribution >= 4 is 27.5 Å². The first kappa shape index (κ1) is 19.4. The van der Waals surface area contributed by atoms with E-state index in [4.69, 9.17) is 11.6 Å². The Hall–Kier alpha value is -1.89. The van der Waals surface area contributed by atoms with Gasteiger partial charge < -0.3 is 4.90 Å². The van der Waals surface area contributed by atoms with E-state index in [1.165, 1.54) is 12.1 Å². The van der Waals surface area contributed by atoms with E-state index in [-0.39, 0.29) is 17.3 Å². The van der Waals surface area contributed by atoms with Crippen LogP contribution in [0.3, 0.4) is 0 Å². The number of hydrogen-bond acceptors (Lipinski definition) is 3. The van der Waals surface area contributed by atoms with Gasteiger partial charge in [-0.3, -0.25) is 4.79 Å². The van der Waals surface area contributed by atoms with Gasteiger partial charge in [0.15, 0.2) is 0 Å². The molecule has 0 aliphatic rings. The maximum atomic E-state index is 12.8. The van der Waals surface area contributed by atoms with Crippen LogP contribution < -0.4 is 4.72 Å².